The average molecular weight is 277 g/mol. The summed E-state index contributed by atoms with van der Waals surface area (Å²) in [5.74, 6) is 0.0298. The van der Waals surface area contributed by atoms with Crippen molar-refractivity contribution in [3.63, 3.8) is 0 Å². The van der Waals surface area contributed by atoms with E-state index in [0.717, 1.165) is 10.9 Å². The molecule has 0 aliphatic heterocycles. The lowest BCUT2D eigenvalue weighted by Crippen LogP contribution is -1.94. The van der Waals surface area contributed by atoms with Crippen LogP contribution in [0.2, 0.25) is 5.02 Å². The van der Waals surface area contributed by atoms with E-state index in [1.807, 2.05) is 6.07 Å². The highest BCUT2D eigenvalue weighted by atomic mass is 35.5. The summed E-state index contributed by atoms with van der Waals surface area (Å²) in [5.41, 5.74) is 7.40. The Balaban J connectivity index is 2.01. The van der Waals surface area contributed by atoms with Crippen LogP contribution in [-0.2, 0) is 0 Å². The summed E-state index contributed by atoms with van der Waals surface area (Å²) < 4.78 is 13.7. The third-order valence-electron chi connectivity index (χ3n) is 2.82. The minimum absolute atomic E-state index is 0.246. The molecule has 0 atom stereocenters. The summed E-state index contributed by atoms with van der Waals surface area (Å²) in [7, 11) is 0. The van der Waals surface area contributed by atoms with Crippen molar-refractivity contribution in [1.29, 1.82) is 0 Å². The fourth-order valence-electron chi connectivity index (χ4n) is 1.88. The van der Waals surface area contributed by atoms with Gasteiger partial charge in [0.1, 0.15) is 5.82 Å². The molecular formula is C13H10ClFN4. The summed E-state index contributed by atoms with van der Waals surface area (Å²) in [6.07, 6.45) is 0. The fraction of sp³-hybridized carbons (Fsp3) is 0. The first-order valence-electron chi connectivity index (χ1n) is 5.60. The zero-order chi connectivity index (χ0) is 13.4. The molecule has 3 rings (SSSR count). The number of benzene rings is 2. The van der Waals surface area contributed by atoms with Gasteiger partial charge in [-0.1, -0.05) is 17.7 Å². The second-order valence-electron chi connectivity index (χ2n) is 4.09. The Bertz CT molecular complexity index is 733. The van der Waals surface area contributed by atoms with Gasteiger partial charge in [-0.05, 0) is 30.3 Å². The van der Waals surface area contributed by atoms with Gasteiger partial charge in [-0.3, -0.25) is 5.10 Å². The van der Waals surface area contributed by atoms with E-state index in [-0.39, 0.29) is 5.69 Å². The first-order valence-corrected chi connectivity index (χ1v) is 5.97. The maximum atomic E-state index is 13.7. The van der Waals surface area contributed by atoms with Crippen molar-refractivity contribution in [3.8, 4) is 0 Å². The van der Waals surface area contributed by atoms with Gasteiger partial charge in [-0.25, -0.2) is 4.39 Å². The number of rotatable bonds is 2. The highest BCUT2D eigenvalue weighted by Crippen LogP contribution is 2.29. The molecule has 0 spiro atoms. The number of aromatic amines is 1. The van der Waals surface area contributed by atoms with Crippen LogP contribution in [-0.4, -0.2) is 10.2 Å². The summed E-state index contributed by atoms with van der Waals surface area (Å²) in [6, 6.07) is 9.92. The fourth-order valence-corrected chi connectivity index (χ4v) is 2.09. The van der Waals surface area contributed by atoms with Gasteiger partial charge in [0, 0.05) is 11.1 Å². The number of hydrogen-bond acceptors (Lipinski definition) is 3. The molecular weight excluding hydrogens is 267 g/mol. The number of aromatic nitrogens is 2. The van der Waals surface area contributed by atoms with Crippen molar-refractivity contribution >= 4 is 39.7 Å². The molecule has 0 radical (unpaired) electrons. The molecule has 0 bridgehead atoms. The first kappa shape index (κ1) is 11.8. The van der Waals surface area contributed by atoms with E-state index in [2.05, 4.69) is 15.5 Å². The summed E-state index contributed by atoms with van der Waals surface area (Å²) in [4.78, 5) is 0. The molecule has 0 fully saturated rings. The Morgan fingerprint density at radius 1 is 1.26 bits per heavy atom. The molecule has 4 nitrogen and oxygen atoms in total. The van der Waals surface area contributed by atoms with Crippen LogP contribution in [0, 0.1) is 5.82 Å². The van der Waals surface area contributed by atoms with Crippen LogP contribution in [0.4, 0.5) is 21.6 Å². The molecule has 2 aromatic carbocycles. The molecule has 0 amide bonds. The molecule has 19 heavy (non-hydrogen) atoms. The Kier molecular flexibility index (Phi) is 2.76. The topological polar surface area (TPSA) is 66.7 Å². The van der Waals surface area contributed by atoms with Crippen LogP contribution in [0.15, 0.2) is 36.4 Å². The Morgan fingerprint density at radius 2 is 2.11 bits per heavy atom. The summed E-state index contributed by atoms with van der Waals surface area (Å²) in [5, 5.41) is 10.8. The van der Waals surface area contributed by atoms with Crippen LogP contribution in [0.25, 0.3) is 10.9 Å². The molecule has 4 N–H and O–H groups in total. The van der Waals surface area contributed by atoms with Crippen LogP contribution in [0.3, 0.4) is 0 Å². The monoisotopic (exact) mass is 276 g/mol. The van der Waals surface area contributed by atoms with Crippen molar-refractivity contribution in [2.24, 2.45) is 0 Å². The molecule has 0 aliphatic rings. The number of nitrogens with zero attached hydrogens (tertiary/aromatic N) is 1. The molecule has 0 saturated heterocycles. The van der Waals surface area contributed by atoms with E-state index >= 15 is 0 Å². The van der Waals surface area contributed by atoms with Crippen molar-refractivity contribution in [3.05, 3.63) is 47.2 Å². The first-order chi connectivity index (χ1) is 9.15. The van der Waals surface area contributed by atoms with Crippen molar-refractivity contribution in [2.75, 3.05) is 11.1 Å². The van der Waals surface area contributed by atoms with E-state index in [9.17, 15) is 4.39 Å². The lowest BCUT2D eigenvalue weighted by molar-refractivity contribution is 0.632. The van der Waals surface area contributed by atoms with Crippen LogP contribution >= 0.6 is 11.6 Å². The standard InChI is InChI=1S/C13H10ClFN4/c14-9-2-1-3-10(15)12(9)17-7-4-5-8-11(6-7)18-19-13(8)16/h1-6,17H,(H3,16,18,19). The zero-order valence-electron chi connectivity index (χ0n) is 9.74. The average Bonchev–Trinajstić information content (AvgIpc) is 2.76. The van der Waals surface area contributed by atoms with E-state index < -0.39 is 5.82 Å². The minimum atomic E-state index is -0.406. The predicted octanol–water partition coefficient (Wildman–Crippen LogP) is 3.68. The largest absolute Gasteiger partial charge is 0.382 e. The maximum absolute atomic E-state index is 13.7. The molecule has 1 heterocycles. The Labute approximate surface area is 113 Å². The lowest BCUT2D eigenvalue weighted by Gasteiger charge is -2.09. The predicted molar refractivity (Wildman–Crippen MR) is 75.2 cm³/mol. The van der Waals surface area contributed by atoms with Gasteiger partial charge in [0.15, 0.2) is 5.82 Å². The van der Waals surface area contributed by atoms with Gasteiger partial charge in [-0.2, -0.15) is 5.10 Å². The van der Waals surface area contributed by atoms with Crippen molar-refractivity contribution < 1.29 is 4.39 Å². The van der Waals surface area contributed by atoms with E-state index in [0.29, 0.717) is 16.5 Å². The number of nitrogens with two attached hydrogens (primary N) is 1. The summed E-state index contributed by atoms with van der Waals surface area (Å²) in [6.45, 7) is 0. The van der Waals surface area contributed by atoms with E-state index in [4.69, 9.17) is 17.3 Å². The molecule has 0 unspecified atom stereocenters. The van der Waals surface area contributed by atoms with E-state index in [1.54, 1.807) is 24.3 Å². The molecule has 1 aromatic heterocycles. The Hall–Kier alpha value is -2.27. The van der Waals surface area contributed by atoms with Crippen LogP contribution in [0.5, 0.6) is 0 Å². The number of H-pyrrole nitrogens is 1. The molecule has 6 heteroatoms. The number of hydrogen-bond donors (Lipinski definition) is 3. The molecule has 3 aromatic rings. The smallest absolute Gasteiger partial charge is 0.153 e. The van der Waals surface area contributed by atoms with Crippen molar-refractivity contribution in [2.45, 2.75) is 0 Å². The van der Waals surface area contributed by atoms with Gasteiger partial charge in [0.25, 0.3) is 0 Å². The number of para-hydroxylation sites is 1. The minimum Gasteiger partial charge on any atom is -0.382 e. The normalized spacial score (nSPS) is 10.8. The number of anilines is 3. The number of fused-ring (bicyclic) bond motifs is 1. The lowest BCUT2D eigenvalue weighted by atomic mass is 10.2. The van der Waals surface area contributed by atoms with E-state index in [1.165, 1.54) is 6.07 Å². The number of halogens is 2. The molecule has 0 aliphatic carbocycles. The number of nitrogen functional groups attached to an aromatic ring is 1. The van der Waals surface area contributed by atoms with Gasteiger partial charge >= 0.3 is 0 Å². The van der Waals surface area contributed by atoms with Gasteiger partial charge in [0.2, 0.25) is 0 Å². The van der Waals surface area contributed by atoms with Gasteiger partial charge in [-0.15, -0.1) is 0 Å². The SMILES string of the molecule is Nc1n[nH]c2cc(Nc3c(F)cccc3Cl)ccc12. The second kappa shape index (κ2) is 4.44. The van der Waals surface area contributed by atoms with Crippen LogP contribution < -0.4 is 11.1 Å². The quantitative estimate of drug-likeness (QED) is 0.669. The second-order valence-corrected chi connectivity index (χ2v) is 4.50. The summed E-state index contributed by atoms with van der Waals surface area (Å²) >= 11 is 5.96. The van der Waals surface area contributed by atoms with Gasteiger partial charge < -0.3 is 11.1 Å². The zero-order valence-corrected chi connectivity index (χ0v) is 10.5. The van der Waals surface area contributed by atoms with Crippen molar-refractivity contribution in [1.82, 2.24) is 10.2 Å². The maximum Gasteiger partial charge on any atom is 0.153 e. The Morgan fingerprint density at radius 3 is 2.89 bits per heavy atom. The van der Waals surface area contributed by atoms with Gasteiger partial charge in [0.05, 0.1) is 16.2 Å². The third kappa shape index (κ3) is 2.08. The molecule has 96 valence electrons. The highest BCUT2D eigenvalue weighted by Gasteiger charge is 2.08. The highest BCUT2D eigenvalue weighted by molar-refractivity contribution is 6.33. The van der Waals surface area contributed by atoms with Crippen LogP contribution in [0.1, 0.15) is 0 Å². The third-order valence-corrected chi connectivity index (χ3v) is 3.14. The number of nitrogens with one attached hydrogen (secondary N) is 2. The molecule has 0 saturated carbocycles.